The molecule has 0 unspecified atom stereocenters. The van der Waals surface area contributed by atoms with Crippen LogP contribution in [0.5, 0.6) is 0 Å². The number of halogens is 1. The summed E-state index contributed by atoms with van der Waals surface area (Å²) in [6.07, 6.45) is 0. The number of aliphatic hydroxyl groups excluding tert-OH is 1. The van der Waals surface area contributed by atoms with Crippen LogP contribution < -0.4 is 0 Å². The summed E-state index contributed by atoms with van der Waals surface area (Å²) < 4.78 is 12.7. The molecule has 0 aliphatic carbocycles. The van der Waals surface area contributed by atoms with Crippen molar-refractivity contribution in [2.24, 2.45) is 0 Å². The maximum absolute atomic E-state index is 12.7. The number of aliphatic hydroxyl groups is 1. The number of nitrogens with zero attached hydrogens (tertiary/aromatic N) is 1. The van der Waals surface area contributed by atoms with E-state index in [0.29, 0.717) is 5.56 Å². The second-order valence-corrected chi connectivity index (χ2v) is 3.40. The summed E-state index contributed by atoms with van der Waals surface area (Å²) >= 11 is 0. The monoisotopic (exact) mass is 221 g/mol. The molecular formula is C11H8FNO3. The van der Waals surface area contributed by atoms with E-state index in [1.807, 2.05) is 0 Å². The number of hydrogen-bond acceptors (Lipinski definition) is 3. The molecule has 0 spiro atoms. The molecule has 1 aromatic rings. The van der Waals surface area contributed by atoms with Crippen molar-refractivity contribution in [2.45, 2.75) is 0 Å². The maximum Gasteiger partial charge on any atom is 0.296 e. The highest BCUT2D eigenvalue weighted by Gasteiger charge is 2.36. The molecule has 0 bridgehead atoms. The predicted octanol–water partition coefficient (Wildman–Crippen LogP) is 1.09. The van der Waals surface area contributed by atoms with Crippen molar-refractivity contribution >= 4 is 17.4 Å². The van der Waals surface area contributed by atoms with Crippen molar-refractivity contribution in [3.8, 4) is 0 Å². The number of carbonyl (C=O) groups is 2. The molecule has 0 fully saturated rings. The zero-order valence-electron chi connectivity index (χ0n) is 8.40. The Labute approximate surface area is 90.6 Å². The van der Waals surface area contributed by atoms with Crippen LogP contribution in [0.15, 0.2) is 30.0 Å². The quantitative estimate of drug-likeness (QED) is 0.722. The van der Waals surface area contributed by atoms with Crippen LogP contribution >= 0.6 is 0 Å². The van der Waals surface area contributed by atoms with Crippen LogP contribution in [-0.2, 0) is 9.59 Å². The minimum absolute atomic E-state index is 0.0903. The summed E-state index contributed by atoms with van der Waals surface area (Å²) in [6, 6.07) is 4.99. The van der Waals surface area contributed by atoms with Gasteiger partial charge in [-0.2, -0.15) is 0 Å². The van der Waals surface area contributed by atoms with Gasteiger partial charge in [-0.1, -0.05) is 12.1 Å². The molecule has 2 rings (SSSR count). The van der Waals surface area contributed by atoms with Gasteiger partial charge in [0, 0.05) is 7.05 Å². The first-order valence-electron chi connectivity index (χ1n) is 4.54. The Balaban J connectivity index is 2.52. The fourth-order valence-electron chi connectivity index (χ4n) is 1.50. The lowest BCUT2D eigenvalue weighted by Crippen LogP contribution is -2.26. The van der Waals surface area contributed by atoms with Crippen molar-refractivity contribution in [1.29, 1.82) is 0 Å². The van der Waals surface area contributed by atoms with Crippen LogP contribution in [0.25, 0.3) is 5.57 Å². The Morgan fingerprint density at radius 1 is 1.12 bits per heavy atom. The fourth-order valence-corrected chi connectivity index (χ4v) is 1.50. The molecule has 16 heavy (non-hydrogen) atoms. The molecule has 0 radical (unpaired) electrons. The van der Waals surface area contributed by atoms with Crippen molar-refractivity contribution in [2.75, 3.05) is 7.05 Å². The second kappa shape index (κ2) is 3.44. The van der Waals surface area contributed by atoms with Crippen LogP contribution in [0.1, 0.15) is 5.56 Å². The molecule has 5 heteroatoms. The Kier molecular flexibility index (Phi) is 2.23. The van der Waals surface area contributed by atoms with Crippen molar-refractivity contribution in [1.82, 2.24) is 4.90 Å². The topological polar surface area (TPSA) is 57.6 Å². The van der Waals surface area contributed by atoms with Gasteiger partial charge in [0.1, 0.15) is 5.82 Å². The third-order valence-electron chi connectivity index (χ3n) is 2.40. The maximum atomic E-state index is 12.7. The average Bonchev–Trinajstić information content (AvgIpc) is 2.46. The molecule has 1 aliphatic heterocycles. The van der Waals surface area contributed by atoms with Crippen LogP contribution in [0.2, 0.25) is 0 Å². The zero-order chi connectivity index (χ0) is 11.9. The normalized spacial score (nSPS) is 16.2. The van der Waals surface area contributed by atoms with E-state index >= 15 is 0 Å². The summed E-state index contributed by atoms with van der Waals surface area (Å²) in [5, 5.41) is 9.49. The van der Waals surface area contributed by atoms with E-state index in [-0.39, 0.29) is 5.57 Å². The molecule has 1 aliphatic rings. The van der Waals surface area contributed by atoms with Gasteiger partial charge in [0.15, 0.2) is 5.76 Å². The molecule has 1 aromatic carbocycles. The lowest BCUT2D eigenvalue weighted by atomic mass is 10.1. The predicted molar refractivity (Wildman–Crippen MR) is 53.7 cm³/mol. The summed E-state index contributed by atoms with van der Waals surface area (Å²) in [7, 11) is 1.28. The van der Waals surface area contributed by atoms with Gasteiger partial charge < -0.3 is 5.11 Å². The third kappa shape index (κ3) is 1.37. The Morgan fingerprint density at radius 2 is 1.69 bits per heavy atom. The lowest BCUT2D eigenvalue weighted by molar-refractivity contribution is -0.136. The molecule has 0 atom stereocenters. The lowest BCUT2D eigenvalue weighted by Gasteiger charge is -2.05. The van der Waals surface area contributed by atoms with E-state index in [1.165, 1.54) is 19.2 Å². The van der Waals surface area contributed by atoms with Crippen LogP contribution in [0.3, 0.4) is 0 Å². The Morgan fingerprint density at radius 3 is 2.12 bits per heavy atom. The van der Waals surface area contributed by atoms with E-state index < -0.39 is 23.4 Å². The van der Waals surface area contributed by atoms with E-state index in [4.69, 9.17) is 0 Å². The first-order valence-corrected chi connectivity index (χ1v) is 4.54. The standard InChI is InChI=1S/C11H8FNO3/c1-13-10(15)8(9(14)11(13)16)6-2-4-7(12)5-3-6/h2-5,14H,1H3. The van der Waals surface area contributed by atoms with Gasteiger partial charge in [-0.15, -0.1) is 0 Å². The zero-order valence-corrected chi connectivity index (χ0v) is 8.40. The molecule has 0 saturated carbocycles. The molecule has 1 N–H and O–H groups in total. The number of carbonyl (C=O) groups excluding carboxylic acids is 2. The number of hydrogen-bond donors (Lipinski definition) is 1. The van der Waals surface area contributed by atoms with Crippen molar-refractivity contribution in [3.63, 3.8) is 0 Å². The van der Waals surface area contributed by atoms with Crippen molar-refractivity contribution < 1.29 is 19.1 Å². The first-order chi connectivity index (χ1) is 7.52. The van der Waals surface area contributed by atoms with Gasteiger partial charge in [0.25, 0.3) is 11.8 Å². The van der Waals surface area contributed by atoms with Crippen LogP contribution in [-0.4, -0.2) is 28.9 Å². The molecule has 82 valence electrons. The van der Waals surface area contributed by atoms with Gasteiger partial charge in [-0.25, -0.2) is 4.39 Å². The number of likely N-dealkylation sites (N-methyl/N-ethyl adjacent to an activating group) is 1. The van der Waals surface area contributed by atoms with Crippen LogP contribution in [0.4, 0.5) is 4.39 Å². The number of benzene rings is 1. The second-order valence-electron chi connectivity index (χ2n) is 3.40. The Hall–Kier alpha value is -2.17. The van der Waals surface area contributed by atoms with E-state index in [2.05, 4.69) is 0 Å². The highest BCUT2D eigenvalue weighted by atomic mass is 19.1. The van der Waals surface area contributed by atoms with Crippen molar-refractivity contribution in [3.05, 3.63) is 41.4 Å². The number of imide groups is 1. The molecule has 0 saturated heterocycles. The summed E-state index contributed by atoms with van der Waals surface area (Å²) in [5.74, 6) is -2.38. The molecule has 0 aromatic heterocycles. The van der Waals surface area contributed by atoms with Gasteiger partial charge in [0.05, 0.1) is 5.57 Å². The van der Waals surface area contributed by atoms with Gasteiger partial charge in [-0.05, 0) is 17.7 Å². The van der Waals surface area contributed by atoms with Crippen LogP contribution in [0, 0.1) is 5.82 Å². The van der Waals surface area contributed by atoms with E-state index in [0.717, 1.165) is 17.0 Å². The number of amides is 2. The fraction of sp³-hybridized carbons (Fsp3) is 0.0909. The van der Waals surface area contributed by atoms with Gasteiger partial charge >= 0.3 is 0 Å². The largest absolute Gasteiger partial charge is 0.502 e. The molecule has 1 heterocycles. The average molecular weight is 221 g/mol. The molecule has 2 amide bonds. The molecule has 4 nitrogen and oxygen atoms in total. The number of rotatable bonds is 1. The minimum Gasteiger partial charge on any atom is -0.502 e. The smallest absolute Gasteiger partial charge is 0.296 e. The van der Waals surface area contributed by atoms with Gasteiger partial charge in [-0.3, -0.25) is 14.5 Å². The Bertz CT molecular complexity index is 504. The highest BCUT2D eigenvalue weighted by Crippen LogP contribution is 2.26. The third-order valence-corrected chi connectivity index (χ3v) is 2.40. The summed E-state index contributed by atoms with van der Waals surface area (Å²) in [4.78, 5) is 23.7. The van der Waals surface area contributed by atoms with E-state index in [1.54, 1.807) is 0 Å². The van der Waals surface area contributed by atoms with E-state index in [9.17, 15) is 19.1 Å². The minimum atomic E-state index is -0.746. The first kappa shape index (κ1) is 10.4. The summed E-state index contributed by atoms with van der Waals surface area (Å²) in [6.45, 7) is 0. The SMILES string of the molecule is CN1C(=O)C(O)=C(c2ccc(F)cc2)C1=O. The molecular weight excluding hydrogens is 213 g/mol. The highest BCUT2D eigenvalue weighted by molar-refractivity contribution is 6.34. The summed E-state index contributed by atoms with van der Waals surface area (Å²) in [5.41, 5.74) is 0.231. The van der Waals surface area contributed by atoms with Gasteiger partial charge in [0.2, 0.25) is 0 Å².